The van der Waals surface area contributed by atoms with Crippen molar-refractivity contribution >= 4 is 46.0 Å². The molecule has 0 spiro atoms. The molecule has 2 amide bonds. The minimum atomic E-state index is -0.499. The molecule has 0 unspecified atom stereocenters. The molecule has 146 valence electrons. The highest BCUT2D eigenvalue weighted by Gasteiger charge is 2.40. The molecular formula is C22H16ClFN2O2S. The summed E-state index contributed by atoms with van der Waals surface area (Å²) in [6.45, 7) is 1.74. The van der Waals surface area contributed by atoms with Crippen molar-refractivity contribution in [2.24, 2.45) is 0 Å². The Bertz CT molecular complexity index is 1140. The number of rotatable bonds is 5. The number of hydrogen-bond donors (Lipinski definition) is 1. The standard InChI is InChI=1S/C22H16ClFN2O2S/c1-13-8-9-15(23)11-17(13)25-20-19(18-7-4-10-29-18)21(27)26(22(20)28)12-14-5-2-3-6-16(14)24/h2-11,25H,12H2,1H3. The van der Waals surface area contributed by atoms with Crippen molar-refractivity contribution in [1.29, 1.82) is 0 Å². The first-order valence-electron chi connectivity index (χ1n) is 8.86. The second-order valence-electron chi connectivity index (χ2n) is 6.60. The summed E-state index contributed by atoms with van der Waals surface area (Å²) in [6.07, 6.45) is 0. The van der Waals surface area contributed by atoms with E-state index in [0.717, 1.165) is 10.5 Å². The molecule has 0 atom stereocenters. The first-order valence-corrected chi connectivity index (χ1v) is 10.1. The average molecular weight is 427 g/mol. The number of nitrogens with one attached hydrogen (secondary N) is 1. The molecule has 0 aliphatic carbocycles. The van der Waals surface area contributed by atoms with Crippen LogP contribution in [0, 0.1) is 12.7 Å². The summed E-state index contributed by atoms with van der Waals surface area (Å²) in [4.78, 5) is 28.1. The second-order valence-corrected chi connectivity index (χ2v) is 7.98. The molecule has 0 bridgehead atoms. The van der Waals surface area contributed by atoms with Crippen molar-refractivity contribution in [2.45, 2.75) is 13.5 Å². The number of aryl methyl sites for hydroxylation is 1. The van der Waals surface area contributed by atoms with Crippen LogP contribution >= 0.6 is 22.9 Å². The predicted molar refractivity (Wildman–Crippen MR) is 113 cm³/mol. The summed E-state index contributed by atoms with van der Waals surface area (Å²) in [5.41, 5.74) is 2.23. The van der Waals surface area contributed by atoms with E-state index >= 15 is 0 Å². The minimum Gasteiger partial charge on any atom is -0.350 e. The Labute approximate surface area is 176 Å². The third kappa shape index (κ3) is 3.69. The Morgan fingerprint density at radius 1 is 1.07 bits per heavy atom. The Hall–Kier alpha value is -2.96. The zero-order chi connectivity index (χ0) is 20.5. The highest BCUT2D eigenvalue weighted by molar-refractivity contribution is 7.11. The van der Waals surface area contributed by atoms with Crippen molar-refractivity contribution in [3.8, 4) is 0 Å². The van der Waals surface area contributed by atoms with Gasteiger partial charge in [-0.15, -0.1) is 11.3 Å². The van der Waals surface area contributed by atoms with E-state index in [-0.39, 0.29) is 23.4 Å². The molecule has 2 aromatic carbocycles. The van der Waals surface area contributed by atoms with E-state index in [0.29, 0.717) is 15.6 Å². The molecule has 0 saturated heterocycles. The van der Waals surface area contributed by atoms with Gasteiger partial charge in [-0.25, -0.2) is 4.39 Å². The van der Waals surface area contributed by atoms with Gasteiger partial charge in [-0.1, -0.05) is 41.9 Å². The molecule has 1 N–H and O–H groups in total. The third-order valence-electron chi connectivity index (χ3n) is 4.68. The van der Waals surface area contributed by atoms with Gasteiger partial charge in [-0.05, 0) is 42.1 Å². The number of benzene rings is 2. The molecule has 1 aromatic heterocycles. The van der Waals surface area contributed by atoms with Crippen LogP contribution in [-0.2, 0) is 16.1 Å². The van der Waals surface area contributed by atoms with Crippen molar-refractivity contribution in [2.75, 3.05) is 5.32 Å². The number of halogens is 2. The fourth-order valence-corrected chi connectivity index (χ4v) is 4.09. The second kappa shape index (κ2) is 7.81. The maximum absolute atomic E-state index is 14.1. The van der Waals surface area contributed by atoms with Crippen LogP contribution in [0.25, 0.3) is 5.57 Å². The Morgan fingerprint density at radius 2 is 1.86 bits per heavy atom. The number of carbonyl (C=O) groups excluding carboxylic acids is 2. The topological polar surface area (TPSA) is 49.4 Å². The van der Waals surface area contributed by atoms with Gasteiger partial charge in [-0.2, -0.15) is 0 Å². The highest BCUT2D eigenvalue weighted by atomic mass is 35.5. The molecule has 0 fully saturated rings. The van der Waals surface area contributed by atoms with Gasteiger partial charge in [0, 0.05) is 21.2 Å². The molecule has 29 heavy (non-hydrogen) atoms. The number of hydrogen-bond acceptors (Lipinski definition) is 4. The first kappa shape index (κ1) is 19.4. The first-order chi connectivity index (χ1) is 14.0. The van der Waals surface area contributed by atoms with Crippen LogP contribution in [-0.4, -0.2) is 16.7 Å². The quantitative estimate of drug-likeness (QED) is 0.567. The van der Waals surface area contributed by atoms with Crippen LogP contribution in [0.3, 0.4) is 0 Å². The number of anilines is 1. The number of carbonyl (C=O) groups is 2. The van der Waals surface area contributed by atoms with Gasteiger partial charge in [0.1, 0.15) is 11.5 Å². The third-order valence-corrected chi connectivity index (χ3v) is 5.80. The maximum Gasteiger partial charge on any atom is 0.278 e. The molecule has 4 rings (SSSR count). The van der Waals surface area contributed by atoms with Gasteiger partial charge in [0.25, 0.3) is 11.8 Å². The maximum atomic E-state index is 14.1. The summed E-state index contributed by atoms with van der Waals surface area (Å²) >= 11 is 7.46. The zero-order valence-electron chi connectivity index (χ0n) is 15.4. The average Bonchev–Trinajstić information content (AvgIpc) is 3.29. The lowest BCUT2D eigenvalue weighted by molar-refractivity contribution is -0.137. The molecule has 4 nitrogen and oxygen atoms in total. The summed E-state index contributed by atoms with van der Waals surface area (Å²) in [6, 6.07) is 15.0. The summed E-state index contributed by atoms with van der Waals surface area (Å²) < 4.78 is 14.1. The summed E-state index contributed by atoms with van der Waals surface area (Å²) in [5, 5.41) is 5.44. The van der Waals surface area contributed by atoms with Gasteiger partial charge in [0.15, 0.2) is 0 Å². The van der Waals surface area contributed by atoms with E-state index in [1.54, 1.807) is 36.4 Å². The predicted octanol–water partition coefficient (Wildman–Crippen LogP) is 5.24. The van der Waals surface area contributed by atoms with E-state index in [1.165, 1.54) is 17.4 Å². The smallest absolute Gasteiger partial charge is 0.278 e. The molecule has 0 radical (unpaired) electrons. The number of nitrogens with zero attached hydrogens (tertiary/aromatic N) is 1. The summed E-state index contributed by atoms with van der Waals surface area (Å²) in [5.74, 6) is -1.42. The normalized spacial score (nSPS) is 14.1. The van der Waals surface area contributed by atoms with E-state index in [1.807, 2.05) is 24.4 Å². The zero-order valence-corrected chi connectivity index (χ0v) is 17.0. The van der Waals surface area contributed by atoms with Crippen molar-refractivity contribution in [3.63, 3.8) is 0 Å². The fraction of sp³-hybridized carbons (Fsp3) is 0.0909. The molecule has 1 aliphatic heterocycles. The fourth-order valence-electron chi connectivity index (χ4n) is 3.15. The lowest BCUT2D eigenvalue weighted by atomic mass is 10.1. The van der Waals surface area contributed by atoms with E-state index < -0.39 is 17.6 Å². The molecule has 1 aliphatic rings. The summed E-state index contributed by atoms with van der Waals surface area (Å²) in [7, 11) is 0. The Balaban J connectivity index is 1.75. The van der Waals surface area contributed by atoms with Crippen LogP contribution in [0.4, 0.5) is 10.1 Å². The van der Waals surface area contributed by atoms with Crippen molar-refractivity contribution in [1.82, 2.24) is 4.90 Å². The minimum absolute atomic E-state index is 0.140. The lowest BCUT2D eigenvalue weighted by Crippen LogP contribution is -2.32. The van der Waals surface area contributed by atoms with Crippen LogP contribution in [0.15, 0.2) is 65.7 Å². The highest BCUT2D eigenvalue weighted by Crippen LogP contribution is 2.34. The monoisotopic (exact) mass is 426 g/mol. The van der Waals surface area contributed by atoms with E-state index in [9.17, 15) is 14.0 Å². The van der Waals surface area contributed by atoms with Crippen LogP contribution in [0.1, 0.15) is 16.0 Å². The molecular weight excluding hydrogens is 411 g/mol. The lowest BCUT2D eigenvalue weighted by Gasteiger charge is -2.16. The van der Waals surface area contributed by atoms with Gasteiger partial charge in [-0.3, -0.25) is 14.5 Å². The number of amides is 2. The largest absolute Gasteiger partial charge is 0.350 e. The number of thiophene rings is 1. The SMILES string of the molecule is Cc1ccc(Cl)cc1NC1=C(c2cccs2)C(=O)N(Cc2ccccc2F)C1=O. The van der Waals surface area contributed by atoms with Gasteiger partial charge in [0.05, 0.1) is 12.1 Å². The van der Waals surface area contributed by atoms with Crippen molar-refractivity contribution < 1.29 is 14.0 Å². The van der Waals surface area contributed by atoms with E-state index in [2.05, 4.69) is 5.32 Å². The Kier molecular flexibility index (Phi) is 5.22. The molecule has 7 heteroatoms. The molecule has 0 saturated carbocycles. The van der Waals surface area contributed by atoms with Gasteiger partial charge in [0.2, 0.25) is 0 Å². The van der Waals surface area contributed by atoms with Crippen LogP contribution in [0.5, 0.6) is 0 Å². The van der Waals surface area contributed by atoms with Gasteiger partial charge < -0.3 is 5.32 Å². The van der Waals surface area contributed by atoms with Crippen LogP contribution in [0.2, 0.25) is 5.02 Å². The van der Waals surface area contributed by atoms with Crippen molar-refractivity contribution in [3.05, 3.63) is 92.5 Å². The van der Waals surface area contributed by atoms with Gasteiger partial charge >= 0.3 is 0 Å². The Morgan fingerprint density at radius 3 is 2.59 bits per heavy atom. The molecule has 2 heterocycles. The van der Waals surface area contributed by atoms with Crippen LogP contribution < -0.4 is 5.32 Å². The molecule has 3 aromatic rings. The number of imide groups is 1. The van der Waals surface area contributed by atoms with E-state index in [4.69, 9.17) is 11.6 Å².